The normalized spacial score (nSPS) is 17.8. The molecule has 0 saturated carbocycles. The van der Waals surface area contributed by atoms with Crippen LogP contribution in [0.15, 0.2) is 36.9 Å². The van der Waals surface area contributed by atoms with Crippen LogP contribution < -0.4 is 5.32 Å². The number of hydrogen-bond donors (Lipinski definition) is 1. The second-order valence-corrected chi connectivity index (χ2v) is 4.84. The van der Waals surface area contributed by atoms with Crippen molar-refractivity contribution in [3.8, 4) is 5.69 Å². The average Bonchev–Trinajstić information content (AvgIpc) is 3.01. The Morgan fingerprint density at radius 2 is 2.40 bits per heavy atom. The maximum atomic E-state index is 5.55. The smallest absolute Gasteiger partial charge is 0.143 e. The van der Waals surface area contributed by atoms with Crippen molar-refractivity contribution in [1.82, 2.24) is 20.2 Å². The summed E-state index contributed by atoms with van der Waals surface area (Å²) < 4.78 is 7.21. The number of nitrogens with zero attached hydrogens (tertiary/aromatic N) is 4. The Bertz CT molecular complexity index is 594. The monoisotopic (exact) mass is 271 g/mol. The minimum absolute atomic E-state index is 0.234. The summed E-state index contributed by atoms with van der Waals surface area (Å²) in [7, 11) is 0. The Kier molecular flexibility index (Phi) is 3.62. The van der Waals surface area contributed by atoms with Gasteiger partial charge in [0.15, 0.2) is 0 Å². The van der Waals surface area contributed by atoms with Crippen molar-refractivity contribution in [2.45, 2.75) is 25.9 Å². The highest BCUT2D eigenvalue weighted by atomic mass is 16.5. The second-order valence-electron chi connectivity index (χ2n) is 4.84. The molecule has 1 N–H and O–H groups in total. The van der Waals surface area contributed by atoms with Crippen molar-refractivity contribution < 1.29 is 4.74 Å². The Labute approximate surface area is 117 Å². The molecule has 6 nitrogen and oxygen atoms in total. The molecule has 104 valence electrons. The zero-order valence-electron chi connectivity index (χ0n) is 11.4. The van der Waals surface area contributed by atoms with Gasteiger partial charge in [-0.05, 0) is 54.0 Å². The molecule has 0 aliphatic carbocycles. The summed E-state index contributed by atoms with van der Waals surface area (Å²) in [5.41, 5.74) is 3.14. The molecule has 0 bridgehead atoms. The first-order valence-electron chi connectivity index (χ1n) is 6.71. The van der Waals surface area contributed by atoms with Gasteiger partial charge in [-0.3, -0.25) is 0 Å². The molecule has 1 aromatic carbocycles. The maximum Gasteiger partial charge on any atom is 0.143 e. The minimum atomic E-state index is 0.234. The number of hydrogen-bond acceptors (Lipinski definition) is 5. The summed E-state index contributed by atoms with van der Waals surface area (Å²) in [5.74, 6) is 0. The third-order valence-electron chi connectivity index (χ3n) is 3.36. The Morgan fingerprint density at radius 1 is 1.45 bits per heavy atom. The quantitative estimate of drug-likeness (QED) is 0.922. The van der Waals surface area contributed by atoms with Gasteiger partial charge in [0.05, 0.1) is 18.5 Å². The molecule has 0 amide bonds. The first-order chi connectivity index (χ1) is 9.83. The molecular weight excluding hydrogens is 254 g/mol. The van der Waals surface area contributed by atoms with Crippen molar-refractivity contribution in [3.63, 3.8) is 0 Å². The molecule has 1 atom stereocenters. The van der Waals surface area contributed by atoms with E-state index < -0.39 is 0 Å². The first kappa shape index (κ1) is 12.7. The molecule has 20 heavy (non-hydrogen) atoms. The van der Waals surface area contributed by atoms with Crippen LogP contribution in [-0.4, -0.2) is 32.9 Å². The van der Waals surface area contributed by atoms with E-state index in [0.29, 0.717) is 0 Å². The molecule has 0 fully saturated rings. The lowest BCUT2D eigenvalue weighted by atomic mass is 10.1. The molecule has 1 aliphatic rings. The summed E-state index contributed by atoms with van der Waals surface area (Å²) >= 11 is 0. The van der Waals surface area contributed by atoms with Crippen LogP contribution in [0.1, 0.15) is 18.4 Å². The van der Waals surface area contributed by atoms with Crippen LogP contribution in [0.5, 0.6) is 0 Å². The van der Waals surface area contributed by atoms with Crippen LogP contribution >= 0.6 is 0 Å². The van der Waals surface area contributed by atoms with E-state index in [2.05, 4.69) is 39.1 Å². The molecule has 6 heteroatoms. The molecule has 2 aromatic rings. The first-order valence-corrected chi connectivity index (χ1v) is 6.71. The summed E-state index contributed by atoms with van der Waals surface area (Å²) in [6, 6.07) is 6.16. The topological polar surface area (TPSA) is 64.9 Å². The zero-order valence-corrected chi connectivity index (χ0v) is 11.4. The molecule has 2 heterocycles. The third-order valence-corrected chi connectivity index (χ3v) is 3.36. The van der Waals surface area contributed by atoms with E-state index in [1.165, 1.54) is 0 Å². The lowest BCUT2D eigenvalue weighted by molar-refractivity contribution is 0.135. The van der Waals surface area contributed by atoms with E-state index in [1.807, 2.05) is 13.0 Å². The van der Waals surface area contributed by atoms with Crippen LogP contribution in [0.3, 0.4) is 0 Å². The number of allylic oxidation sites excluding steroid dienone is 1. The van der Waals surface area contributed by atoms with Gasteiger partial charge >= 0.3 is 0 Å². The highest BCUT2D eigenvalue weighted by molar-refractivity contribution is 5.54. The molecule has 3 rings (SSSR count). The van der Waals surface area contributed by atoms with Gasteiger partial charge in [-0.15, -0.1) is 5.10 Å². The summed E-state index contributed by atoms with van der Waals surface area (Å²) in [4.78, 5) is 0. The molecule has 1 aromatic heterocycles. The molecule has 1 aliphatic heterocycles. The van der Waals surface area contributed by atoms with Crippen molar-refractivity contribution in [1.29, 1.82) is 0 Å². The summed E-state index contributed by atoms with van der Waals surface area (Å²) in [6.07, 6.45) is 7.81. The van der Waals surface area contributed by atoms with Crippen molar-refractivity contribution in [2.24, 2.45) is 0 Å². The van der Waals surface area contributed by atoms with Gasteiger partial charge in [-0.2, -0.15) is 0 Å². The van der Waals surface area contributed by atoms with E-state index in [9.17, 15) is 0 Å². The molecule has 0 radical (unpaired) electrons. The number of anilines is 1. The molecular formula is C14H17N5O. The van der Waals surface area contributed by atoms with Crippen LogP contribution in [-0.2, 0) is 4.74 Å². The average molecular weight is 271 g/mol. The van der Waals surface area contributed by atoms with Crippen molar-refractivity contribution in [3.05, 3.63) is 42.4 Å². The Balaban J connectivity index is 1.71. The van der Waals surface area contributed by atoms with Gasteiger partial charge in [0.2, 0.25) is 0 Å². The number of tetrazole rings is 1. The number of aryl methyl sites for hydroxylation is 1. The number of aromatic nitrogens is 4. The largest absolute Gasteiger partial charge is 0.497 e. The molecule has 1 unspecified atom stereocenters. The minimum Gasteiger partial charge on any atom is -0.497 e. The SMILES string of the molecule is Cc1ccc(NCC2CCC=CO2)cc1-n1cnnn1. The molecule has 0 spiro atoms. The predicted octanol–water partition coefficient (Wildman–Crippen LogP) is 2.08. The summed E-state index contributed by atoms with van der Waals surface area (Å²) in [6.45, 7) is 2.83. The van der Waals surface area contributed by atoms with E-state index in [0.717, 1.165) is 36.3 Å². The third kappa shape index (κ3) is 2.79. The van der Waals surface area contributed by atoms with E-state index >= 15 is 0 Å². The maximum absolute atomic E-state index is 5.55. The fourth-order valence-electron chi connectivity index (χ4n) is 2.20. The van der Waals surface area contributed by atoms with Gasteiger partial charge < -0.3 is 10.1 Å². The van der Waals surface area contributed by atoms with Gasteiger partial charge in [0.25, 0.3) is 0 Å². The number of nitrogens with one attached hydrogen (secondary N) is 1. The standard InChI is InChI=1S/C14H17N5O/c1-11-5-6-12(8-14(11)19-10-16-17-18-19)15-9-13-4-2-3-7-20-13/h3,5-8,10,13,15H,2,4,9H2,1H3. The second kappa shape index (κ2) is 5.73. The van der Waals surface area contributed by atoms with Crippen LogP contribution in [0.4, 0.5) is 5.69 Å². The fourth-order valence-corrected chi connectivity index (χ4v) is 2.20. The van der Waals surface area contributed by atoms with Gasteiger partial charge in [0, 0.05) is 5.69 Å². The van der Waals surface area contributed by atoms with Gasteiger partial charge in [-0.1, -0.05) is 6.07 Å². The van der Waals surface area contributed by atoms with Crippen LogP contribution in [0.2, 0.25) is 0 Å². The lowest BCUT2D eigenvalue weighted by Gasteiger charge is -2.20. The van der Waals surface area contributed by atoms with Gasteiger partial charge in [0.1, 0.15) is 12.4 Å². The summed E-state index contributed by atoms with van der Waals surface area (Å²) in [5, 5.41) is 14.7. The van der Waals surface area contributed by atoms with E-state index in [-0.39, 0.29) is 6.10 Å². The molecule has 0 saturated heterocycles. The van der Waals surface area contributed by atoms with E-state index in [1.54, 1.807) is 17.3 Å². The van der Waals surface area contributed by atoms with Crippen LogP contribution in [0.25, 0.3) is 5.69 Å². The van der Waals surface area contributed by atoms with Crippen molar-refractivity contribution >= 4 is 5.69 Å². The number of benzene rings is 1. The number of rotatable bonds is 4. The fraction of sp³-hybridized carbons (Fsp3) is 0.357. The lowest BCUT2D eigenvalue weighted by Crippen LogP contribution is -2.23. The Hall–Kier alpha value is -2.37. The zero-order chi connectivity index (χ0) is 13.8. The highest BCUT2D eigenvalue weighted by Gasteiger charge is 2.11. The highest BCUT2D eigenvalue weighted by Crippen LogP contribution is 2.19. The van der Waals surface area contributed by atoms with Crippen molar-refractivity contribution in [2.75, 3.05) is 11.9 Å². The van der Waals surface area contributed by atoms with Crippen LogP contribution in [0, 0.1) is 6.92 Å². The van der Waals surface area contributed by atoms with E-state index in [4.69, 9.17) is 4.74 Å². The van der Waals surface area contributed by atoms with Gasteiger partial charge in [-0.25, -0.2) is 4.68 Å². The Morgan fingerprint density at radius 3 is 3.15 bits per heavy atom. The predicted molar refractivity (Wildman–Crippen MR) is 75.6 cm³/mol. The number of ether oxygens (including phenoxy) is 1.